The maximum absolute atomic E-state index is 11.5. The molecule has 0 spiro atoms. The van der Waals surface area contributed by atoms with Gasteiger partial charge in [-0.25, -0.2) is 4.79 Å². The van der Waals surface area contributed by atoms with Gasteiger partial charge in [-0.2, -0.15) is 0 Å². The fraction of sp³-hybridized carbons (Fsp3) is 0.429. The first-order valence-corrected chi connectivity index (χ1v) is 6.31. The number of rotatable bonds is 6. The molecule has 110 valence electrons. The Kier molecular flexibility index (Phi) is 6.36. The summed E-state index contributed by atoms with van der Waals surface area (Å²) in [5.74, 6) is 0.454. The molecule has 0 unspecified atom stereocenters. The molecule has 0 saturated heterocycles. The standard InChI is InChI=1S/C14H20N2O4/c1-10-4-5-12(11(2)8-10)20-9-13(17)15-6-7-16-14(18)19-3/h4-5,8H,6-7,9H2,1-3H3,(H,15,17)(H,16,18). The molecule has 2 N–H and O–H groups in total. The molecule has 0 aliphatic heterocycles. The number of alkyl carbamates (subject to hydrolysis) is 1. The van der Waals surface area contributed by atoms with Crippen molar-refractivity contribution in [1.82, 2.24) is 10.6 Å². The monoisotopic (exact) mass is 280 g/mol. The van der Waals surface area contributed by atoms with Gasteiger partial charge in [0.2, 0.25) is 0 Å². The van der Waals surface area contributed by atoms with Crippen LogP contribution in [0.3, 0.4) is 0 Å². The van der Waals surface area contributed by atoms with Gasteiger partial charge in [0.1, 0.15) is 5.75 Å². The third-order valence-corrected chi connectivity index (χ3v) is 2.59. The minimum absolute atomic E-state index is 0.0534. The molecule has 1 aromatic rings. The summed E-state index contributed by atoms with van der Waals surface area (Å²) in [6.07, 6.45) is -0.522. The Morgan fingerprint density at radius 3 is 2.50 bits per heavy atom. The number of ether oxygens (including phenoxy) is 2. The highest BCUT2D eigenvalue weighted by molar-refractivity contribution is 5.77. The normalized spacial score (nSPS) is 9.75. The molecule has 1 rings (SSSR count). The predicted molar refractivity (Wildman–Crippen MR) is 74.8 cm³/mol. The highest BCUT2D eigenvalue weighted by Gasteiger charge is 2.05. The zero-order valence-electron chi connectivity index (χ0n) is 12.0. The highest BCUT2D eigenvalue weighted by Crippen LogP contribution is 2.18. The molecule has 0 aliphatic carbocycles. The van der Waals surface area contributed by atoms with Gasteiger partial charge in [-0.15, -0.1) is 0 Å². The lowest BCUT2D eigenvalue weighted by Crippen LogP contribution is -2.36. The van der Waals surface area contributed by atoms with Crippen LogP contribution in [0.5, 0.6) is 5.75 Å². The van der Waals surface area contributed by atoms with Crippen molar-refractivity contribution in [2.45, 2.75) is 13.8 Å². The van der Waals surface area contributed by atoms with Crippen LogP contribution < -0.4 is 15.4 Å². The van der Waals surface area contributed by atoms with Crippen LogP contribution >= 0.6 is 0 Å². The van der Waals surface area contributed by atoms with Crippen molar-refractivity contribution in [2.24, 2.45) is 0 Å². The number of methoxy groups -OCH3 is 1. The number of benzene rings is 1. The average Bonchev–Trinajstić information content (AvgIpc) is 2.42. The van der Waals surface area contributed by atoms with E-state index in [4.69, 9.17) is 4.74 Å². The summed E-state index contributed by atoms with van der Waals surface area (Å²) >= 11 is 0. The van der Waals surface area contributed by atoms with Gasteiger partial charge < -0.3 is 20.1 Å². The molecule has 6 heteroatoms. The number of aryl methyl sites for hydroxylation is 2. The fourth-order valence-electron chi connectivity index (χ4n) is 1.59. The number of carbonyl (C=O) groups excluding carboxylic acids is 2. The molecule has 0 bridgehead atoms. The van der Waals surface area contributed by atoms with E-state index in [0.717, 1.165) is 11.1 Å². The van der Waals surface area contributed by atoms with E-state index in [2.05, 4.69) is 15.4 Å². The number of carbonyl (C=O) groups is 2. The summed E-state index contributed by atoms with van der Waals surface area (Å²) in [7, 11) is 1.28. The number of hydrogen-bond acceptors (Lipinski definition) is 4. The van der Waals surface area contributed by atoms with Crippen molar-refractivity contribution in [3.05, 3.63) is 29.3 Å². The Morgan fingerprint density at radius 2 is 1.85 bits per heavy atom. The van der Waals surface area contributed by atoms with Gasteiger partial charge in [-0.3, -0.25) is 4.79 Å². The van der Waals surface area contributed by atoms with Gasteiger partial charge in [0, 0.05) is 13.1 Å². The van der Waals surface area contributed by atoms with E-state index in [1.165, 1.54) is 7.11 Å². The molecule has 0 heterocycles. The maximum atomic E-state index is 11.5. The van der Waals surface area contributed by atoms with Crippen molar-refractivity contribution in [3.63, 3.8) is 0 Å². The van der Waals surface area contributed by atoms with Crippen LogP contribution in [0.4, 0.5) is 4.79 Å². The molecule has 0 atom stereocenters. The van der Waals surface area contributed by atoms with Crippen LogP contribution in [0.15, 0.2) is 18.2 Å². The predicted octanol–water partition coefficient (Wildman–Crippen LogP) is 1.15. The smallest absolute Gasteiger partial charge is 0.406 e. The minimum Gasteiger partial charge on any atom is -0.484 e. The minimum atomic E-state index is -0.522. The Balaban J connectivity index is 2.24. The van der Waals surface area contributed by atoms with Crippen molar-refractivity contribution < 1.29 is 19.1 Å². The molecule has 6 nitrogen and oxygen atoms in total. The van der Waals surface area contributed by atoms with E-state index in [-0.39, 0.29) is 12.5 Å². The third-order valence-electron chi connectivity index (χ3n) is 2.59. The second kappa shape index (κ2) is 8.04. The van der Waals surface area contributed by atoms with E-state index in [1.54, 1.807) is 0 Å². The van der Waals surface area contributed by atoms with Crippen LogP contribution in [0.25, 0.3) is 0 Å². The lowest BCUT2D eigenvalue weighted by molar-refractivity contribution is -0.123. The summed E-state index contributed by atoms with van der Waals surface area (Å²) in [4.78, 5) is 22.3. The Bertz CT molecular complexity index is 474. The van der Waals surface area contributed by atoms with Crippen molar-refractivity contribution in [1.29, 1.82) is 0 Å². The Labute approximate surface area is 118 Å². The summed E-state index contributed by atoms with van der Waals surface area (Å²) in [6, 6.07) is 5.77. The molecule has 0 aromatic heterocycles. The van der Waals surface area contributed by atoms with E-state index in [9.17, 15) is 9.59 Å². The van der Waals surface area contributed by atoms with Crippen molar-refractivity contribution in [3.8, 4) is 5.75 Å². The number of nitrogens with one attached hydrogen (secondary N) is 2. The quantitative estimate of drug-likeness (QED) is 0.766. The first-order valence-electron chi connectivity index (χ1n) is 6.31. The molecule has 1 aromatic carbocycles. The van der Waals surface area contributed by atoms with Crippen LogP contribution in [-0.2, 0) is 9.53 Å². The first-order chi connectivity index (χ1) is 9.52. The highest BCUT2D eigenvalue weighted by atomic mass is 16.5. The zero-order valence-corrected chi connectivity index (χ0v) is 12.0. The molecule has 0 aliphatic rings. The number of amides is 2. The van der Waals surface area contributed by atoms with Gasteiger partial charge >= 0.3 is 6.09 Å². The van der Waals surface area contributed by atoms with E-state index < -0.39 is 6.09 Å². The average molecular weight is 280 g/mol. The van der Waals surface area contributed by atoms with Crippen LogP contribution in [-0.4, -0.2) is 38.8 Å². The molecule has 0 radical (unpaired) electrons. The fourth-order valence-corrected chi connectivity index (χ4v) is 1.59. The van der Waals surface area contributed by atoms with Crippen molar-refractivity contribution >= 4 is 12.0 Å². The van der Waals surface area contributed by atoms with Gasteiger partial charge in [0.05, 0.1) is 7.11 Å². The lowest BCUT2D eigenvalue weighted by Gasteiger charge is -2.10. The lowest BCUT2D eigenvalue weighted by atomic mass is 10.1. The third kappa shape index (κ3) is 5.60. The maximum Gasteiger partial charge on any atom is 0.406 e. The molecule has 0 fully saturated rings. The Hall–Kier alpha value is -2.24. The van der Waals surface area contributed by atoms with E-state index >= 15 is 0 Å². The van der Waals surface area contributed by atoms with E-state index in [1.807, 2.05) is 32.0 Å². The van der Waals surface area contributed by atoms with Gasteiger partial charge in [-0.05, 0) is 25.5 Å². The SMILES string of the molecule is COC(=O)NCCNC(=O)COc1ccc(C)cc1C. The summed E-state index contributed by atoms with van der Waals surface area (Å²) in [5.41, 5.74) is 2.14. The Morgan fingerprint density at radius 1 is 1.15 bits per heavy atom. The largest absolute Gasteiger partial charge is 0.484 e. The second-order valence-corrected chi connectivity index (χ2v) is 4.33. The first kappa shape index (κ1) is 15.8. The molecule has 20 heavy (non-hydrogen) atoms. The molecular weight excluding hydrogens is 260 g/mol. The van der Waals surface area contributed by atoms with Crippen LogP contribution in [0.2, 0.25) is 0 Å². The molecular formula is C14H20N2O4. The zero-order chi connectivity index (χ0) is 15.0. The van der Waals surface area contributed by atoms with Gasteiger partial charge in [0.15, 0.2) is 6.61 Å². The van der Waals surface area contributed by atoms with Gasteiger partial charge in [-0.1, -0.05) is 17.7 Å². The molecule has 2 amide bonds. The summed E-state index contributed by atoms with van der Waals surface area (Å²) in [5, 5.41) is 5.09. The summed E-state index contributed by atoms with van der Waals surface area (Å²) < 4.78 is 9.83. The second-order valence-electron chi connectivity index (χ2n) is 4.33. The summed E-state index contributed by atoms with van der Waals surface area (Å²) in [6.45, 7) is 4.51. The van der Waals surface area contributed by atoms with Crippen LogP contribution in [0, 0.1) is 13.8 Å². The van der Waals surface area contributed by atoms with Crippen molar-refractivity contribution in [2.75, 3.05) is 26.8 Å². The number of hydrogen-bond donors (Lipinski definition) is 2. The molecule has 0 saturated carbocycles. The van der Waals surface area contributed by atoms with Gasteiger partial charge in [0.25, 0.3) is 5.91 Å². The topological polar surface area (TPSA) is 76.7 Å². The van der Waals surface area contributed by atoms with Crippen LogP contribution in [0.1, 0.15) is 11.1 Å². The van der Waals surface area contributed by atoms with E-state index in [0.29, 0.717) is 18.8 Å².